The molecule has 0 radical (unpaired) electrons. The Morgan fingerprint density at radius 3 is 2.66 bits per heavy atom. The van der Waals surface area contributed by atoms with Gasteiger partial charge in [-0.2, -0.15) is 0 Å². The lowest BCUT2D eigenvalue weighted by Crippen LogP contribution is -2.28. The number of hydrogen-bond donors (Lipinski definition) is 1. The number of pyridine rings is 1. The Hall–Kier alpha value is -3.84. The number of methoxy groups -OCH3 is 1. The van der Waals surface area contributed by atoms with Crippen LogP contribution in [0, 0.1) is 10.1 Å². The molecule has 3 heterocycles. The van der Waals surface area contributed by atoms with Gasteiger partial charge in [-0.05, 0) is 30.3 Å². The highest BCUT2D eigenvalue weighted by Crippen LogP contribution is 2.33. The van der Waals surface area contributed by atoms with Crippen molar-refractivity contribution in [3.8, 4) is 5.75 Å². The number of carbonyl (C=O) groups is 2. The standard InChI is InChI=1S/C19H14N4O7S2/c1-30-15-9-11(23(26)27)4-6-14(15)21-32(28,29)16-7-5-12(31-16)10-22-18(24)13-3-2-8-20-17(13)19(22)25/h2-9,21H,10H2,1H3. The highest BCUT2D eigenvalue weighted by atomic mass is 32.2. The molecule has 13 heteroatoms. The van der Waals surface area contributed by atoms with Gasteiger partial charge >= 0.3 is 0 Å². The van der Waals surface area contributed by atoms with Crippen molar-refractivity contribution in [1.29, 1.82) is 0 Å². The number of fused-ring (bicyclic) bond motifs is 1. The molecule has 1 aromatic carbocycles. The Kier molecular flexibility index (Phi) is 5.36. The monoisotopic (exact) mass is 474 g/mol. The van der Waals surface area contributed by atoms with E-state index < -0.39 is 26.8 Å². The fourth-order valence-corrected chi connectivity index (χ4v) is 5.49. The summed E-state index contributed by atoms with van der Waals surface area (Å²) in [5.41, 5.74) is 0.0424. The second kappa shape index (κ2) is 8.01. The van der Waals surface area contributed by atoms with Gasteiger partial charge in [0.2, 0.25) is 0 Å². The lowest BCUT2D eigenvalue weighted by molar-refractivity contribution is -0.384. The Morgan fingerprint density at radius 2 is 1.97 bits per heavy atom. The van der Waals surface area contributed by atoms with Gasteiger partial charge in [0.15, 0.2) is 0 Å². The van der Waals surface area contributed by atoms with Crippen LogP contribution in [-0.2, 0) is 16.6 Å². The Morgan fingerprint density at radius 1 is 1.19 bits per heavy atom. The van der Waals surface area contributed by atoms with Crippen molar-refractivity contribution in [3.05, 3.63) is 74.9 Å². The van der Waals surface area contributed by atoms with Crippen molar-refractivity contribution in [2.75, 3.05) is 11.8 Å². The fourth-order valence-electron chi connectivity index (χ4n) is 3.07. The number of rotatable bonds is 7. The fraction of sp³-hybridized carbons (Fsp3) is 0.105. The van der Waals surface area contributed by atoms with Crippen LogP contribution in [-0.4, -0.2) is 42.1 Å². The number of ether oxygens (including phenoxy) is 1. The van der Waals surface area contributed by atoms with Gasteiger partial charge in [0.25, 0.3) is 27.5 Å². The number of non-ortho nitro benzene ring substituents is 1. The predicted octanol–water partition coefficient (Wildman–Crippen LogP) is 2.66. The molecule has 0 bridgehead atoms. The first-order valence-electron chi connectivity index (χ1n) is 8.96. The van der Waals surface area contributed by atoms with Crippen LogP contribution in [0.25, 0.3) is 0 Å². The highest BCUT2D eigenvalue weighted by Gasteiger charge is 2.37. The van der Waals surface area contributed by atoms with Crippen molar-refractivity contribution in [3.63, 3.8) is 0 Å². The van der Waals surface area contributed by atoms with E-state index in [1.54, 1.807) is 6.07 Å². The second-order valence-electron chi connectivity index (χ2n) is 6.56. The first-order chi connectivity index (χ1) is 15.2. The van der Waals surface area contributed by atoms with Crippen molar-refractivity contribution in [2.24, 2.45) is 0 Å². The van der Waals surface area contributed by atoms with Gasteiger partial charge in [0.1, 0.15) is 15.7 Å². The molecular weight excluding hydrogens is 460 g/mol. The van der Waals surface area contributed by atoms with Crippen LogP contribution >= 0.6 is 11.3 Å². The van der Waals surface area contributed by atoms with Crippen LogP contribution in [0.4, 0.5) is 11.4 Å². The van der Waals surface area contributed by atoms with Crippen LogP contribution in [0.5, 0.6) is 5.75 Å². The number of nitro benzene ring substituents is 1. The van der Waals surface area contributed by atoms with Crippen molar-refractivity contribution in [2.45, 2.75) is 10.8 Å². The van der Waals surface area contributed by atoms with Crippen LogP contribution in [0.1, 0.15) is 25.7 Å². The lowest BCUT2D eigenvalue weighted by atomic mass is 10.2. The molecule has 0 saturated heterocycles. The van der Waals surface area contributed by atoms with E-state index in [2.05, 4.69) is 9.71 Å². The summed E-state index contributed by atoms with van der Waals surface area (Å²) in [6.07, 6.45) is 1.42. The maximum atomic E-state index is 12.8. The molecule has 3 aromatic rings. The van der Waals surface area contributed by atoms with Gasteiger partial charge in [0, 0.05) is 17.1 Å². The third-order valence-corrected chi connectivity index (χ3v) is 7.51. The first kappa shape index (κ1) is 21.4. The summed E-state index contributed by atoms with van der Waals surface area (Å²) in [7, 11) is -2.79. The van der Waals surface area contributed by atoms with Crippen LogP contribution in [0.15, 0.2) is 52.9 Å². The van der Waals surface area contributed by atoms with E-state index in [0.717, 1.165) is 28.4 Å². The van der Waals surface area contributed by atoms with E-state index >= 15 is 0 Å². The number of thiophene rings is 1. The quantitative estimate of drug-likeness (QED) is 0.312. The van der Waals surface area contributed by atoms with Gasteiger partial charge in [0.05, 0.1) is 35.9 Å². The number of carbonyl (C=O) groups excluding carboxylic acids is 2. The molecule has 1 N–H and O–H groups in total. The SMILES string of the molecule is COc1cc([N+](=O)[O-])ccc1NS(=O)(=O)c1ccc(CN2C(=O)c3cccnc3C2=O)s1. The van der Waals surface area contributed by atoms with Gasteiger partial charge in [-0.15, -0.1) is 11.3 Å². The zero-order valence-corrected chi connectivity index (χ0v) is 18.0. The second-order valence-corrected chi connectivity index (χ2v) is 9.64. The molecule has 0 aliphatic carbocycles. The number of amides is 2. The summed E-state index contributed by atoms with van der Waals surface area (Å²) in [4.78, 5) is 40.6. The highest BCUT2D eigenvalue weighted by molar-refractivity contribution is 7.94. The third-order valence-electron chi connectivity index (χ3n) is 4.59. The summed E-state index contributed by atoms with van der Waals surface area (Å²) in [6.45, 7) is -0.102. The molecule has 0 saturated carbocycles. The Labute approximate surface area is 185 Å². The Balaban J connectivity index is 1.54. The molecule has 32 heavy (non-hydrogen) atoms. The van der Waals surface area contributed by atoms with Gasteiger partial charge in [-0.3, -0.25) is 34.3 Å². The van der Waals surface area contributed by atoms with Crippen molar-refractivity contribution in [1.82, 2.24) is 9.88 Å². The number of nitrogens with one attached hydrogen (secondary N) is 1. The minimum Gasteiger partial charge on any atom is -0.494 e. The molecule has 164 valence electrons. The molecule has 11 nitrogen and oxygen atoms in total. The minimum atomic E-state index is -4.05. The molecule has 1 aliphatic heterocycles. The average molecular weight is 474 g/mol. The van der Waals surface area contributed by atoms with Crippen LogP contribution in [0.2, 0.25) is 0 Å². The normalized spacial score (nSPS) is 13.2. The van der Waals surface area contributed by atoms with Crippen molar-refractivity contribution >= 4 is 44.5 Å². The molecule has 0 spiro atoms. The molecule has 0 unspecified atom stereocenters. The van der Waals surface area contributed by atoms with E-state index in [9.17, 15) is 28.1 Å². The number of nitrogens with zero attached hydrogens (tertiary/aromatic N) is 3. The number of benzene rings is 1. The molecule has 1 aliphatic rings. The zero-order chi connectivity index (χ0) is 23.0. The Bertz CT molecular complexity index is 1330. The number of anilines is 1. The van der Waals surface area contributed by atoms with E-state index in [1.165, 1.54) is 37.6 Å². The summed E-state index contributed by atoms with van der Waals surface area (Å²) in [6, 6.07) is 9.40. The zero-order valence-electron chi connectivity index (χ0n) is 16.3. The molecule has 0 atom stereocenters. The largest absolute Gasteiger partial charge is 0.494 e. The maximum Gasteiger partial charge on any atom is 0.280 e. The summed E-state index contributed by atoms with van der Waals surface area (Å²) in [5, 5.41) is 10.9. The first-order valence-corrected chi connectivity index (χ1v) is 11.3. The molecule has 0 fully saturated rings. The van der Waals surface area contributed by atoms with Gasteiger partial charge in [-0.1, -0.05) is 0 Å². The lowest BCUT2D eigenvalue weighted by Gasteiger charge is -2.12. The van der Waals surface area contributed by atoms with Crippen LogP contribution < -0.4 is 9.46 Å². The van der Waals surface area contributed by atoms with Gasteiger partial charge in [-0.25, -0.2) is 8.42 Å². The number of aromatic nitrogens is 1. The number of imide groups is 1. The van der Waals surface area contributed by atoms with E-state index in [1.807, 2.05) is 0 Å². The molecule has 4 rings (SSSR count). The molecule has 2 amide bonds. The number of nitro groups is 1. The predicted molar refractivity (Wildman–Crippen MR) is 113 cm³/mol. The van der Waals surface area contributed by atoms with Crippen LogP contribution in [0.3, 0.4) is 0 Å². The molecular formula is C19H14N4O7S2. The maximum absolute atomic E-state index is 12.8. The smallest absolute Gasteiger partial charge is 0.280 e. The third kappa shape index (κ3) is 3.78. The van der Waals surface area contributed by atoms with E-state index in [4.69, 9.17) is 4.74 Å². The minimum absolute atomic E-state index is 0.0157. The number of sulfonamides is 1. The summed E-state index contributed by atoms with van der Waals surface area (Å²) < 4.78 is 32.9. The number of hydrogen-bond acceptors (Lipinski definition) is 9. The summed E-state index contributed by atoms with van der Waals surface area (Å²) in [5.74, 6) is -1.06. The average Bonchev–Trinajstić information content (AvgIpc) is 3.34. The van der Waals surface area contributed by atoms with E-state index in [-0.39, 0.29) is 39.1 Å². The van der Waals surface area contributed by atoms with Crippen molar-refractivity contribution < 1.29 is 27.7 Å². The van der Waals surface area contributed by atoms with E-state index in [0.29, 0.717) is 4.88 Å². The molecule has 2 aromatic heterocycles. The summed E-state index contributed by atoms with van der Waals surface area (Å²) >= 11 is 0.884. The topological polar surface area (TPSA) is 149 Å². The van der Waals surface area contributed by atoms with Gasteiger partial charge < -0.3 is 4.74 Å².